The van der Waals surface area contributed by atoms with Crippen molar-refractivity contribution in [2.75, 3.05) is 31.2 Å². The van der Waals surface area contributed by atoms with Gasteiger partial charge in [0.1, 0.15) is 5.82 Å². The summed E-state index contributed by atoms with van der Waals surface area (Å²) < 4.78 is 25.4. The summed E-state index contributed by atoms with van der Waals surface area (Å²) in [5, 5.41) is 3.59. The molecule has 1 saturated heterocycles. The topological polar surface area (TPSA) is 100 Å². The van der Waals surface area contributed by atoms with Crippen molar-refractivity contribution in [2.45, 2.75) is 39.7 Å². The van der Waals surface area contributed by atoms with Gasteiger partial charge in [-0.3, -0.25) is 9.98 Å². The lowest BCUT2D eigenvalue weighted by Crippen LogP contribution is -2.42. The van der Waals surface area contributed by atoms with Crippen molar-refractivity contribution < 1.29 is 8.42 Å². The average molecular weight is 519 g/mol. The smallest absolute Gasteiger partial charge is 0.211 e. The Labute approximate surface area is 219 Å². The van der Waals surface area contributed by atoms with Gasteiger partial charge >= 0.3 is 0 Å². The molecule has 0 aliphatic carbocycles. The molecule has 3 aromatic rings. The van der Waals surface area contributed by atoms with Crippen LogP contribution in [-0.2, 0) is 10.0 Å². The molecular weight excluding hydrogens is 484 g/mol. The lowest BCUT2D eigenvalue weighted by molar-refractivity contribution is 0.331. The molecule has 0 amide bonds. The van der Waals surface area contributed by atoms with Crippen LogP contribution in [0.25, 0.3) is 28.1 Å². The van der Waals surface area contributed by atoms with Gasteiger partial charge in [-0.25, -0.2) is 22.7 Å². The highest BCUT2D eigenvalue weighted by Gasteiger charge is 2.26. The van der Waals surface area contributed by atoms with Gasteiger partial charge in [0.2, 0.25) is 10.0 Å². The summed E-state index contributed by atoms with van der Waals surface area (Å²) in [6, 6.07) is 12.2. The van der Waals surface area contributed by atoms with E-state index in [-0.39, 0.29) is 6.04 Å². The van der Waals surface area contributed by atoms with Gasteiger partial charge in [0.25, 0.3) is 0 Å². The van der Waals surface area contributed by atoms with Gasteiger partial charge < -0.3 is 5.32 Å². The zero-order chi connectivity index (χ0) is 26.4. The quantitative estimate of drug-likeness (QED) is 0.428. The molecule has 1 aliphatic rings. The third kappa shape index (κ3) is 6.67. The van der Waals surface area contributed by atoms with Crippen LogP contribution in [0.4, 0.5) is 5.82 Å². The van der Waals surface area contributed by atoms with E-state index in [1.54, 1.807) is 0 Å². The number of aryl methyl sites for hydroxylation is 1. The first-order valence-electron chi connectivity index (χ1n) is 12.6. The van der Waals surface area contributed by atoms with Crippen LogP contribution in [0.1, 0.15) is 37.9 Å². The molecule has 1 N–H and O–H groups in total. The molecule has 1 fully saturated rings. The summed E-state index contributed by atoms with van der Waals surface area (Å²) in [5.41, 5.74) is 5.73. The highest BCUT2D eigenvalue weighted by Crippen LogP contribution is 2.30. The van der Waals surface area contributed by atoms with Crippen molar-refractivity contribution in [3.8, 4) is 22.5 Å². The first-order valence-corrected chi connectivity index (χ1v) is 14.4. The standard InChI is InChI=1S/C28H34N6O2S/c1-5-21(17-29-6-2)22-8-7-9-23(16-22)27-31-19-26(24-11-10-20(3)30-18-24)28(33-27)32-25-12-14-34(15-13-25)37(4,35)36/h5,7-11,16-19,25H,6,12-15H2,1-4H3,(H,31,32,33)/b21-5+,29-17-. The molecule has 2 aromatic heterocycles. The van der Waals surface area contributed by atoms with Crippen molar-refractivity contribution in [2.24, 2.45) is 4.99 Å². The van der Waals surface area contributed by atoms with Gasteiger partial charge in [-0.1, -0.05) is 30.3 Å². The van der Waals surface area contributed by atoms with Crippen molar-refractivity contribution in [3.63, 3.8) is 0 Å². The third-order valence-electron chi connectivity index (χ3n) is 6.45. The van der Waals surface area contributed by atoms with Gasteiger partial charge in [-0.15, -0.1) is 0 Å². The first kappa shape index (κ1) is 26.6. The Morgan fingerprint density at radius 3 is 2.57 bits per heavy atom. The van der Waals surface area contributed by atoms with Gasteiger partial charge in [-0.2, -0.15) is 0 Å². The zero-order valence-electron chi connectivity index (χ0n) is 21.8. The molecular formula is C28H34N6O2S. The number of nitrogens with one attached hydrogen (secondary N) is 1. The molecule has 1 aromatic carbocycles. The van der Waals surface area contributed by atoms with Gasteiger partial charge in [0.15, 0.2) is 5.82 Å². The minimum absolute atomic E-state index is 0.101. The first-order chi connectivity index (χ1) is 17.8. The fourth-order valence-electron chi connectivity index (χ4n) is 4.34. The van der Waals surface area contributed by atoms with Crippen LogP contribution >= 0.6 is 0 Å². The summed E-state index contributed by atoms with van der Waals surface area (Å²) >= 11 is 0. The van der Waals surface area contributed by atoms with Crippen molar-refractivity contribution in [1.29, 1.82) is 0 Å². The summed E-state index contributed by atoms with van der Waals surface area (Å²) in [6.45, 7) is 7.68. The number of pyridine rings is 1. The lowest BCUT2D eigenvalue weighted by Gasteiger charge is -2.31. The number of benzene rings is 1. The maximum atomic E-state index is 11.9. The Kier molecular flexibility index (Phi) is 8.45. The number of hydrogen-bond acceptors (Lipinski definition) is 7. The second-order valence-corrected chi connectivity index (χ2v) is 11.2. The number of piperidine rings is 1. The van der Waals surface area contributed by atoms with Gasteiger partial charge in [-0.05, 0) is 56.9 Å². The minimum atomic E-state index is -3.18. The Hall–Kier alpha value is -3.43. The van der Waals surface area contributed by atoms with Crippen LogP contribution in [-0.4, -0.2) is 65.8 Å². The largest absolute Gasteiger partial charge is 0.367 e. The van der Waals surface area contributed by atoms with Crippen LogP contribution in [0.15, 0.2) is 59.9 Å². The average Bonchev–Trinajstić information content (AvgIpc) is 2.90. The number of sulfonamides is 1. The fraction of sp³-hybridized carbons (Fsp3) is 0.357. The van der Waals surface area contributed by atoms with Crippen molar-refractivity contribution >= 4 is 27.6 Å². The summed E-state index contributed by atoms with van der Waals surface area (Å²) in [6.07, 6.45) is 10.3. The number of anilines is 1. The van der Waals surface area contributed by atoms with Crippen LogP contribution in [0.3, 0.4) is 0 Å². The number of aliphatic imine (C=N–C) groups is 1. The predicted molar refractivity (Wildman–Crippen MR) is 151 cm³/mol. The van der Waals surface area contributed by atoms with Crippen LogP contribution < -0.4 is 5.32 Å². The van der Waals surface area contributed by atoms with Crippen LogP contribution in [0, 0.1) is 6.92 Å². The molecule has 0 spiro atoms. The van der Waals surface area contributed by atoms with E-state index in [1.165, 1.54) is 10.6 Å². The van der Waals surface area contributed by atoms with E-state index in [9.17, 15) is 8.42 Å². The highest BCUT2D eigenvalue weighted by molar-refractivity contribution is 7.88. The molecule has 0 bridgehead atoms. The molecule has 8 nitrogen and oxygen atoms in total. The van der Waals surface area contributed by atoms with E-state index in [2.05, 4.69) is 27.4 Å². The molecule has 194 valence electrons. The van der Waals surface area contributed by atoms with E-state index in [0.717, 1.165) is 45.9 Å². The molecule has 3 heterocycles. The van der Waals surface area contributed by atoms with Crippen LogP contribution in [0.2, 0.25) is 0 Å². The summed E-state index contributed by atoms with van der Waals surface area (Å²) in [7, 11) is -3.18. The van der Waals surface area contributed by atoms with E-state index < -0.39 is 10.0 Å². The molecule has 0 unspecified atom stereocenters. The highest BCUT2D eigenvalue weighted by atomic mass is 32.2. The Morgan fingerprint density at radius 2 is 1.92 bits per heavy atom. The number of hydrogen-bond donors (Lipinski definition) is 1. The summed E-state index contributed by atoms with van der Waals surface area (Å²) in [4.78, 5) is 18.5. The molecule has 0 atom stereocenters. The van der Waals surface area contributed by atoms with E-state index >= 15 is 0 Å². The fourth-order valence-corrected chi connectivity index (χ4v) is 5.21. The molecule has 4 rings (SSSR count). The molecule has 37 heavy (non-hydrogen) atoms. The second-order valence-electron chi connectivity index (χ2n) is 9.18. The minimum Gasteiger partial charge on any atom is -0.367 e. The molecule has 1 aliphatic heterocycles. The third-order valence-corrected chi connectivity index (χ3v) is 7.76. The van der Waals surface area contributed by atoms with Gasteiger partial charge in [0, 0.05) is 66.7 Å². The normalized spacial score (nSPS) is 15.8. The maximum absolute atomic E-state index is 11.9. The lowest BCUT2D eigenvalue weighted by atomic mass is 10.0. The van der Waals surface area contributed by atoms with E-state index in [4.69, 9.17) is 9.97 Å². The molecule has 0 radical (unpaired) electrons. The van der Waals surface area contributed by atoms with Crippen LogP contribution in [0.5, 0.6) is 0 Å². The second kappa shape index (κ2) is 11.7. The molecule has 9 heteroatoms. The number of aromatic nitrogens is 3. The van der Waals surface area contributed by atoms with Crippen molar-refractivity contribution in [1.82, 2.24) is 19.3 Å². The number of rotatable bonds is 8. The Bertz CT molecular complexity index is 1390. The molecule has 0 saturated carbocycles. The SMILES string of the molecule is C/C=C(\C=N/CC)c1cccc(-c2ncc(-c3ccc(C)nc3)c(NC3CCN(S(C)(=O)=O)CC3)n2)c1. The van der Waals surface area contributed by atoms with Gasteiger partial charge in [0.05, 0.1) is 6.26 Å². The Morgan fingerprint density at radius 1 is 1.14 bits per heavy atom. The van der Waals surface area contributed by atoms with E-state index in [1.807, 2.05) is 69.7 Å². The number of nitrogens with zero attached hydrogens (tertiary/aromatic N) is 5. The number of allylic oxidation sites excluding steroid dienone is 2. The summed E-state index contributed by atoms with van der Waals surface area (Å²) in [5.74, 6) is 1.34. The Balaban J connectivity index is 1.68. The monoisotopic (exact) mass is 518 g/mol. The maximum Gasteiger partial charge on any atom is 0.211 e. The predicted octanol–water partition coefficient (Wildman–Crippen LogP) is 4.84. The van der Waals surface area contributed by atoms with Crippen molar-refractivity contribution in [3.05, 3.63) is 66.1 Å². The zero-order valence-corrected chi connectivity index (χ0v) is 22.7. The van der Waals surface area contributed by atoms with E-state index in [0.29, 0.717) is 31.8 Å².